The summed E-state index contributed by atoms with van der Waals surface area (Å²) in [5.74, 6) is 1.24. The molecule has 108 valence electrons. The van der Waals surface area contributed by atoms with Crippen LogP contribution in [-0.2, 0) is 11.0 Å². The Kier molecular flexibility index (Phi) is 5.82. The van der Waals surface area contributed by atoms with Gasteiger partial charge in [-0.1, -0.05) is 0 Å². The second-order valence-corrected chi connectivity index (χ2v) is 6.20. The lowest BCUT2D eigenvalue weighted by Gasteiger charge is -2.29. The van der Waals surface area contributed by atoms with Gasteiger partial charge in [-0.05, 0) is 39.8 Å². The molecule has 0 spiro atoms. The lowest BCUT2D eigenvalue weighted by Crippen LogP contribution is -2.38. The van der Waals surface area contributed by atoms with Crippen LogP contribution in [0, 0.1) is 0 Å². The van der Waals surface area contributed by atoms with Crippen molar-refractivity contribution in [2.24, 2.45) is 0 Å². The first-order chi connectivity index (χ1) is 8.92. The minimum absolute atomic E-state index is 0.203. The lowest BCUT2D eigenvalue weighted by atomic mass is 10.3. The molecule has 4 nitrogen and oxygen atoms in total. The van der Waals surface area contributed by atoms with E-state index in [9.17, 15) is 4.21 Å². The van der Waals surface area contributed by atoms with E-state index >= 15 is 0 Å². The summed E-state index contributed by atoms with van der Waals surface area (Å²) in [6, 6.07) is 5.77. The SMILES string of the molecule is COc1ccc(S(=O)N(C(C)C)C(C)C)cc1OC. The van der Waals surface area contributed by atoms with Crippen LogP contribution < -0.4 is 9.47 Å². The molecule has 0 N–H and O–H groups in total. The fourth-order valence-electron chi connectivity index (χ4n) is 2.03. The standard InChI is InChI=1S/C14H23NO3S/c1-10(2)15(11(3)4)19(16)12-7-8-13(17-5)14(9-12)18-6/h7-11H,1-6H3. The zero-order valence-corrected chi connectivity index (χ0v) is 13.3. The van der Waals surface area contributed by atoms with Crippen molar-refractivity contribution in [3.8, 4) is 11.5 Å². The van der Waals surface area contributed by atoms with Crippen LogP contribution in [0.5, 0.6) is 11.5 Å². The predicted molar refractivity (Wildman–Crippen MR) is 78.1 cm³/mol. The maximum absolute atomic E-state index is 12.6. The fourth-order valence-corrected chi connectivity index (χ4v) is 3.43. The molecular weight excluding hydrogens is 262 g/mol. The number of nitrogens with zero attached hydrogens (tertiary/aromatic N) is 1. The van der Waals surface area contributed by atoms with E-state index in [-0.39, 0.29) is 12.1 Å². The van der Waals surface area contributed by atoms with Crippen molar-refractivity contribution in [2.45, 2.75) is 44.7 Å². The zero-order chi connectivity index (χ0) is 14.6. The fraction of sp³-hybridized carbons (Fsp3) is 0.571. The molecule has 1 rings (SSSR count). The maximum Gasteiger partial charge on any atom is 0.161 e. The summed E-state index contributed by atoms with van der Waals surface area (Å²) < 4.78 is 25.0. The summed E-state index contributed by atoms with van der Waals surface area (Å²) in [6.45, 7) is 8.16. The van der Waals surface area contributed by atoms with Crippen LogP contribution in [0.25, 0.3) is 0 Å². The number of hydrogen-bond donors (Lipinski definition) is 0. The van der Waals surface area contributed by atoms with E-state index in [2.05, 4.69) is 0 Å². The van der Waals surface area contributed by atoms with Gasteiger partial charge in [0.05, 0.1) is 19.1 Å². The molecule has 0 amide bonds. The number of hydrogen-bond acceptors (Lipinski definition) is 3. The molecule has 0 aliphatic rings. The van der Waals surface area contributed by atoms with Crippen molar-refractivity contribution in [2.75, 3.05) is 14.2 Å². The molecule has 1 aromatic rings. The summed E-state index contributed by atoms with van der Waals surface area (Å²) in [7, 11) is 1.96. The van der Waals surface area contributed by atoms with Gasteiger partial charge in [-0.3, -0.25) is 0 Å². The lowest BCUT2D eigenvalue weighted by molar-refractivity contribution is 0.319. The van der Waals surface area contributed by atoms with Crippen molar-refractivity contribution in [3.05, 3.63) is 18.2 Å². The van der Waals surface area contributed by atoms with Crippen LogP contribution >= 0.6 is 0 Å². The highest BCUT2D eigenvalue weighted by atomic mass is 32.2. The number of ether oxygens (including phenoxy) is 2. The minimum Gasteiger partial charge on any atom is -0.493 e. The molecule has 0 fully saturated rings. The third-order valence-corrected chi connectivity index (χ3v) is 4.65. The van der Waals surface area contributed by atoms with Gasteiger partial charge in [0.1, 0.15) is 11.0 Å². The van der Waals surface area contributed by atoms with E-state index in [4.69, 9.17) is 9.47 Å². The number of benzene rings is 1. The van der Waals surface area contributed by atoms with Crippen LogP contribution in [0.15, 0.2) is 23.1 Å². The van der Waals surface area contributed by atoms with Crippen molar-refractivity contribution < 1.29 is 13.7 Å². The molecule has 0 aromatic heterocycles. The second kappa shape index (κ2) is 6.91. The summed E-state index contributed by atoms with van der Waals surface area (Å²) in [5.41, 5.74) is 0. The molecule has 0 saturated carbocycles. The Morgan fingerprint density at radius 3 is 1.95 bits per heavy atom. The average Bonchev–Trinajstić information content (AvgIpc) is 2.36. The van der Waals surface area contributed by atoms with E-state index in [0.29, 0.717) is 11.5 Å². The van der Waals surface area contributed by atoms with Gasteiger partial charge in [0, 0.05) is 18.2 Å². The van der Waals surface area contributed by atoms with E-state index in [1.54, 1.807) is 26.4 Å². The summed E-state index contributed by atoms with van der Waals surface area (Å²) >= 11 is 0. The van der Waals surface area contributed by atoms with Gasteiger partial charge >= 0.3 is 0 Å². The Balaban J connectivity index is 3.12. The van der Waals surface area contributed by atoms with Gasteiger partial charge < -0.3 is 9.47 Å². The van der Waals surface area contributed by atoms with E-state index in [1.165, 1.54) is 0 Å². The normalized spacial score (nSPS) is 13.1. The monoisotopic (exact) mass is 285 g/mol. The van der Waals surface area contributed by atoms with Crippen molar-refractivity contribution in [1.29, 1.82) is 0 Å². The Morgan fingerprint density at radius 1 is 1.00 bits per heavy atom. The second-order valence-electron chi connectivity index (χ2n) is 4.81. The predicted octanol–water partition coefficient (Wildman–Crippen LogP) is 2.85. The van der Waals surface area contributed by atoms with E-state index < -0.39 is 11.0 Å². The molecule has 0 heterocycles. The molecule has 1 atom stereocenters. The molecule has 1 aromatic carbocycles. The topological polar surface area (TPSA) is 38.8 Å². The summed E-state index contributed by atoms with van der Waals surface area (Å²) in [4.78, 5) is 0.722. The van der Waals surface area contributed by atoms with Gasteiger partial charge in [0.25, 0.3) is 0 Å². The molecule has 0 bridgehead atoms. The third kappa shape index (κ3) is 3.70. The highest BCUT2D eigenvalue weighted by Gasteiger charge is 2.22. The molecule has 0 saturated heterocycles. The van der Waals surface area contributed by atoms with Crippen LogP contribution in [0.4, 0.5) is 0 Å². The number of rotatable bonds is 6. The van der Waals surface area contributed by atoms with Gasteiger partial charge in [-0.2, -0.15) is 0 Å². The van der Waals surface area contributed by atoms with Crippen LogP contribution in [0.3, 0.4) is 0 Å². The number of methoxy groups -OCH3 is 2. The Labute approximate surface area is 118 Å². The quantitative estimate of drug-likeness (QED) is 0.806. The largest absolute Gasteiger partial charge is 0.493 e. The molecule has 5 heteroatoms. The van der Waals surface area contributed by atoms with Crippen LogP contribution in [-0.4, -0.2) is 34.8 Å². The van der Waals surface area contributed by atoms with Crippen molar-refractivity contribution >= 4 is 11.0 Å². The Hall–Kier alpha value is -1.07. The first kappa shape index (κ1) is 16.0. The molecule has 0 aliphatic heterocycles. The first-order valence-electron chi connectivity index (χ1n) is 6.34. The van der Waals surface area contributed by atoms with Gasteiger partial charge in [-0.15, -0.1) is 0 Å². The summed E-state index contributed by atoms with van der Waals surface area (Å²) in [5, 5.41) is 0. The molecule has 1 unspecified atom stereocenters. The smallest absolute Gasteiger partial charge is 0.161 e. The van der Waals surface area contributed by atoms with E-state index in [1.807, 2.05) is 38.1 Å². The molecular formula is C14H23NO3S. The highest BCUT2D eigenvalue weighted by Crippen LogP contribution is 2.30. The van der Waals surface area contributed by atoms with Crippen molar-refractivity contribution in [3.63, 3.8) is 0 Å². The summed E-state index contributed by atoms with van der Waals surface area (Å²) in [6.07, 6.45) is 0. The van der Waals surface area contributed by atoms with Crippen LogP contribution in [0.2, 0.25) is 0 Å². The minimum atomic E-state index is -1.21. The Bertz CT molecular complexity index is 438. The van der Waals surface area contributed by atoms with Crippen LogP contribution in [0.1, 0.15) is 27.7 Å². The van der Waals surface area contributed by atoms with Gasteiger partial charge in [0.2, 0.25) is 0 Å². The molecule has 19 heavy (non-hydrogen) atoms. The zero-order valence-electron chi connectivity index (χ0n) is 12.5. The van der Waals surface area contributed by atoms with E-state index in [0.717, 1.165) is 4.90 Å². The molecule has 0 radical (unpaired) electrons. The third-order valence-electron chi connectivity index (χ3n) is 2.77. The van der Waals surface area contributed by atoms with Crippen molar-refractivity contribution in [1.82, 2.24) is 4.31 Å². The highest BCUT2D eigenvalue weighted by molar-refractivity contribution is 7.82. The Morgan fingerprint density at radius 2 is 1.53 bits per heavy atom. The van der Waals surface area contributed by atoms with Gasteiger partial charge in [-0.25, -0.2) is 8.51 Å². The average molecular weight is 285 g/mol. The first-order valence-corrected chi connectivity index (χ1v) is 7.45. The van der Waals surface area contributed by atoms with Gasteiger partial charge in [0.15, 0.2) is 11.5 Å². The molecule has 0 aliphatic carbocycles. The maximum atomic E-state index is 12.6.